The van der Waals surface area contributed by atoms with E-state index in [1.54, 1.807) is 29.2 Å². The molecule has 1 unspecified atom stereocenters. The number of hydrogen-bond acceptors (Lipinski definition) is 3. The van der Waals surface area contributed by atoms with Crippen LogP contribution in [0.1, 0.15) is 29.8 Å². The Labute approximate surface area is 126 Å². The van der Waals surface area contributed by atoms with Crippen LogP contribution in [-0.2, 0) is 4.79 Å². The molecule has 1 aromatic carbocycles. The lowest BCUT2D eigenvalue weighted by Gasteiger charge is -2.22. The number of carboxylic acid groups (broad SMARTS) is 1. The summed E-state index contributed by atoms with van der Waals surface area (Å²) in [4.78, 5) is 25.0. The van der Waals surface area contributed by atoms with Crippen LogP contribution in [0.5, 0.6) is 0 Å². The van der Waals surface area contributed by atoms with Gasteiger partial charge in [-0.05, 0) is 37.1 Å². The molecule has 1 aliphatic rings. The highest BCUT2D eigenvalue weighted by atomic mass is 35.5. The van der Waals surface area contributed by atoms with Crippen molar-refractivity contribution in [1.29, 1.82) is 0 Å². The van der Waals surface area contributed by atoms with E-state index in [0.717, 1.165) is 11.8 Å². The Balaban J connectivity index is 1.87. The molecule has 1 fully saturated rings. The van der Waals surface area contributed by atoms with Crippen molar-refractivity contribution < 1.29 is 19.1 Å². The average molecular weight is 308 g/mol. The van der Waals surface area contributed by atoms with Crippen molar-refractivity contribution in [2.24, 2.45) is 0 Å². The summed E-state index contributed by atoms with van der Waals surface area (Å²) in [6, 6.07) is 6.54. The van der Waals surface area contributed by atoms with Crippen molar-refractivity contribution in [3.05, 3.63) is 35.0 Å². The number of benzene rings is 1. The van der Waals surface area contributed by atoms with Crippen LogP contribution in [-0.4, -0.2) is 34.5 Å². The molecule has 0 spiro atoms. The van der Waals surface area contributed by atoms with Crippen LogP contribution in [0.2, 0.25) is 5.02 Å². The molecule has 1 N–H and O–H groups in total. The summed E-state index contributed by atoms with van der Waals surface area (Å²) in [5.41, 5.74) is 0.594. The zero-order chi connectivity index (χ0) is 15.0. The molecule has 6 heteroatoms. The number of carbonyl (C=O) groups is 2. The lowest BCUT2D eigenvalue weighted by Crippen LogP contribution is -2.36. The Morgan fingerprint density at radius 1 is 1.38 bits per heavy atom. The Bertz CT molecular complexity index is 709. The fourth-order valence-electron chi connectivity index (χ4n) is 2.78. The van der Waals surface area contributed by atoms with Crippen LogP contribution >= 0.6 is 11.6 Å². The summed E-state index contributed by atoms with van der Waals surface area (Å²) in [6.45, 7) is 0.564. The van der Waals surface area contributed by atoms with Gasteiger partial charge in [-0.2, -0.15) is 0 Å². The first kappa shape index (κ1) is 13.9. The molecule has 1 amide bonds. The topological polar surface area (TPSA) is 70.8 Å². The van der Waals surface area contributed by atoms with Gasteiger partial charge in [0, 0.05) is 23.0 Å². The number of halogens is 1. The monoisotopic (exact) mass is 307 g/mol. The van der Waals surface area contributed by atoms with Crippen molar-refractivity contribution in [3.8, 4) is 0 Å². The molecular weight excluding hydrogens is 294 g/mol. The summed E-state index contributed by atoms with van der Waals surface area (Å²) < 4.78 is 5.55. The molecule has 2 aromatic rings. The van der Waals surface area contributed by atoms with E-state index in [1.165, 1.54) is 0 Å². The molecule has 1 saturated heterocycles. The Morgan fingerprint density at radius 2 is 2.19 bits per heavy atom. The normalized spacial score (nSPS) is 18.3. The Hall–Kier alpha value is -2.01. The van der Waals surface area contributed by atoms with Crippen LogP contribution < -0.4 is 0 Å². The lowest BCUT2D eigenvalue weighted by atomic mass is 10.1. The summed E-state index contributed by atoms with van der Waals surface area (Å²) in [6.07, 6.45) is 1.50. The van der Waals surface area contributed by atoms with Gasteiger partial charge in [0.05, 0.1) is 6.42 Å². The van der Waals surface area contributed by atoms with E-state index in [9.17, 15) is 9.59 Å². The molecule has 2 heterocycles. The third-order valence-corrected chi connectivity index (χ3v) is 3.97. The Kier molecular flexibility index (Phi) is 3.59. The minimum absolute atomic E-state index is 0.0300. The minimum Gasteiger partial charge on any atom is -0.481 e. The number of carbonyl (C=O) groups excluding carboxylic acids is 1. The number of amides is 1. The number of nitrogens with zero attached hydrogens (tertiary/aromatic N) is 1. The number of aliphatic carboxylic acids is 1. The highest BCUT2D eigenvalue weighted by Gasteiger charge is 2.32. The fourth-order valence-corrected chi connectivity index (χ4v) is 2.96. The van der Waals surface area contributed by atoms with Gasteiger partial charge in [0.1, 0.15) is 5.58 Å². The maximum Gasteiger partial charge on any atom is 0.305 e. The highest BCUT2D eigenvalue weighted by molar-refractivity contribution is 6.31. The summed E-state index contributed by atoms with van der Waals surface area (Å²) in [7, 11) is 0. The summed E-state index contributed by atoms with van der Waals surface area (Å²) in [5.74, 6) is -0.924. The second-order valence-electron chi connectivity index (χ2n) is 5.19. The van der Waals surface area contributed by atoms with E-state index in [2.05, 4.69) is 0 Å². The minimum atomic E-state index is -0.893. The summed E-state index contributed by atoms with van der Waals surface area (Å²) in [5, 5.41) is 10.3. The van der Waals surface area contributed by atoms with Crippen LogP contribution in [0.3, 0.4) is 0 Å². The first-order chi connectivity index (χ1) is 10.0. The van der Waals surface area contributed by atoms with Gasteiger partial charge in [0.2, 0.25) is 0 Å². The standard InChI is InChI=1S/C15H14ClNO4/c16-10-3-4-12-9(6-10)7-13(21-12)15(20)17-5-1-2-11(17)8-14(18)19/h3-4,6-7,11H,1-2,5,8H2,(H,18,19). The number of hydrogen-bond donors (Lipinski definition) is 1. The fraction of sp³-hybridized carbons (Fsp3) is 0.333. The van der Waals surface area contributed by atoms with Gasteiger partial charge in [-0.15, -0.1) is 0 Å². The maximum absolute atomic E-state index is 12.5. The van der Waals surface area contributed by atoms with Crippen molar-refractivity contribution >= 4 is 34.4 Å². The van der Waals surface area contributed by atoms with Crippen LogP contribution in [0.4, 0.5) is 0 Å². The van der Waals surface area contributed by atoms with E-state index < -0.39 is 5.97 Å². The predicted molar refractivity (Wildman–Crippen MR) is 77.5 cm³/mol. The zero-order valence-electron chi connectivity index (χ0n) is 11.2. The molecular formula is C15H14ClNO4. The smallest absolute Gasteiger partial charge is 0.305 e. The van der Waals surface area contributed by atoms with Gasteiger partial charge in [-0.25, -0.2) is 0 Å². The number of fused-ring (bicyclic) bond motifs is 1. The van der Waals surface area contributed by atoms with E-state index >= 15 is 0 Å². The third kappa shape index (κ3) is 2.74. The molecule has 0 saturated carbocycles. The molecule has 3 rings (SSSR count). The van der Waals surface area contributed by atoms with Crippen molar-refractivity contribution in [1.82, 2.24) is 4.90 Å². The van der Waals surface area contributed by atoms with Crippen LogP contribution in [0, 0.1) is 0 Å². The van der Waals surface area contributed by atoms with Gasteiger partial charge in [0.15, 0.2) is 5.76 Å². The van der Waals surface area contributed by atoms with Gasteiger partial charge >= 0.3 is 5.97 Å². The van der Waals surface area contributed by atoms with E-state index in [-0.39, 0.29) is 24.1 Å². The second-order valence-corrected chi connectivity index (χ2v) is 5.62. The number of rotatable bonds is 3. The number of likely N-dealkylation sites (tertiary alicyclic amines) is 1. The van der Waals surface area contributed by atoms with Crippen molar-refractivity contribution in [2.75, 3.05) is 6.54 Å². The van der Waals surface area contributed by atoms with Crippen molar-refractivity contribution in [3.63, 3.8) is 0 Å². The zero-order valence-corrected chi connectivity index (χ0v) is 12.0. The molecule has 1 aromatic heterocycles. The van der Waals surface area contributed by atoms with Gasteiger partial charge < -0.3 is 14.4 Å². The second kappa shape index (κ2) is 5.41. The molecule has 1 atom stereocenters. The molecule has 5 nitrogen and oxygen atoms in total. The first-order valence-corrected chi connectivity index (χ1v) is 7.14. The third-order valence-electron chi connectivity index (χ3n) is 3.74. The lowest BCUT2D eigenvalue weighted by molar-refractivity contribution is -0.137. The number of furan rings is 1. The SMILES string of the molecule is O=C(O)CC1CCCN1C(=O)c1cc2cc(Cl)ccc2o1. The summed E-state index contributed by atoms with van der Waals surface area (Å²) >= 11 is 5.91. The molecule has 21 heavy (non-hydrogen) atoms. The highest BCUT2D eigenvalue weighted by Crippen LogP contribution is 2.27. The maximum atomic E-state index is 12.5. The Morgan fingerprint density at radius 3 is 2.95 bits per heavy atom. The van der Waals surface area contributed by atoms with Gasteiger partial charge in [-0.3, -0.25) is 9.59 Å². The van der Waals surface area contributed by atoms with E-state index in [1.807, 2.05) is 0 Å². The first-order valence-electron chi connectivity index (χ1n) is 6.76. The molecule has 0 bridgehead atoms. The van der Waals surface area contributed by atoms with Crippen LogP contribution in [0.15, 0.2) is 28.7 Å². The number of carboxylic acids is 1. The predicted octanol–water partition coefficient (Wildman–Crippen LogP) is 3.17. The van der Waals surface area contributed by atoms with E-state index in [4.69, 9.17) is 21.1 Å². The average Bonchev–Trinajstić information content (AvgIpc) is 3.03. The van der Waals surface area contributed by atoms with Crippen LogP contribution in [0.25, 0.3) is 11.0 Å². The quantitative estimate of drug-likeness (QED) is 0.945. The van der Waals surface area contributed by atoms with Gasteiger partial charge in [-0.1, -0.05) is 11.6 Å². The molecule has 110 valence electrons. The molecule has 1 aliphatic heterocycles. The van der Waals surface area contributed by atoms with E-state index in [0.29, 0.717) is 23.6 Å². The molecule has 0 radical (unpaired) electrons. The largest absolute Gasteiger partial charge is 0.481 e. The van der Waals surface area contributed by atoms with Gasteiger partial charge in [0.25, 0.3) is 5.91 Å². The molecule has 0 aliphatic carbocycles. The van der Waals surface area contributed by atoms with Crippen molar-refractivity contribution in [2.45, 2.75) is 25.3 Å².